The van der Waals surface area contributed by atoms with Crippen molar-refractivity contribution in [3.8, 4) is 5.75 Å². The van der Waals surface area contributed by atoms with E-state index in [1.807, 2.05) is 12.1 Å². The zero-order valence-corrected chi connectivity index (χ0v) is 14.2. The Morgan fingerprint density at radius 1 is 1.20 bits per heavy atom. The van der Waals surface area contributed by atoms with E-state index in [0.29, 0.717) is 17.0 Å². The van der Waals surface area contributed by atoms with Crippen molar-refractivity contribution in [3.05, 3.63) is 23.8 Å². The van der Waals surface area contributed by atoms with Crippen LogP contribution in [-0.2, 0) is 9.59 Å². The smallest absolute Gasteiger partial charge is 0.262 e. The van der Waals surface area contributed by atoms with Gasteiger partial charge in [-0.25, -0.2) is 5.01 Å². The number of hydrogen-bond acceptors (Lipinski definition) is 6. The van der Waals surface area contributed by atoms with Crippen LogP contribution < -0.4 is 15.5 Å². The summed E-state index contributed by atoms with van der Waals surface area (Å²) in [4.78, 5) is 37.9. The first-order valence-electron chi connectivity index (χ1n) is 8.34. The lowest BCUT2D eigenvalue weighted by atomic mass is 10.0. The van der Waals surface area contributed by atoms with E-state index in [0.717, 1.165) is 26.2 Å². The second-order valence-electron chi connectivity index (χ2n) is 6.30. The number of Topliss-reactive ketones (excluding diaryl/α,β-unsaturated/α-hetero) is 1. The molecule has 0 saturated carbocycles. The summed E-state index contributed by atoms with van der Waals surface area (Å²) in [6.07, 6.45) is 0.248. The third-order valence-electron chi connectivity index (χ3n) is 4.30. The highest BCUT2D eigenvalue weighted by molar-refractivity contribution is 6.01. The summed E-state index contributed by atoms with van der Waals surface area (Å²) in [5.74, 6) is -0.00346. The lowest BCUT2D eigenvalue weighted by Crippen LogP contribution is -2.52. The molecule has 1 aromatic rings. The number of likely N-dealkylation sites (N-methyl/N-ethyl adjacent to an activating group) is 1. The number of benzene rings is 1. The van der Waals surface area contributed by atoms with Gasteiger partial charge in [0.1, 0.15) is 5.75 Å². The van der Waals surface area contributed by atoms with Gasteiger partial charge >= 0.3 is 0 Å². The number of piperazine rings is 1. The molecule has 1 fully saturated rings. The summed E-state index contributed by atoms with van der Waals surface area (Å²) in [5, 5.41) is 4.56. The quantitative estimate of drug-likeness (QED) is 0.743. The van der Waals surface area contributed by atoms with Crippen LogP contribution in [0.2, 0.25) is 0 Å². The maximum Gasteiger partial charge on any atom is 0.262 e. The average molecular weight is 346 g/mol. The molecule has 2 aliphatic rings. The molecule has 0 atom stereocenters. The molecular weight excluding hydrogens is 324 g/mol. The number of ether oxygens (including phenoxy) is 1. The third kappa shape index (κ3) is 4.55. The van der Waals surface area contributed by atoms with Crippen LogP contribution >= 0.6 is 0 Å². The Morgan fingerprint density at radius 3 is 2.72 bits per heavy atom. The van der Waals surface area contributed by atoms with Crippen molar-refractivity contribution in [2.75, 3.05) is 45.2 Å². The molecule has 1 aromatic carbocycles. The van der Waals surface area contributed by atoms with Gasteiger partial charge in [0.05, 0.1) is 5.69 Å². The number of ketones is 1. The summed E-state index contributed by atoms with van der Waals surface area (Å²) in [6.45, 7) is 3.35. The van der Waals surface area contributed by atoms with Crippen molar-refractivity contribution < 1.29 is 19.1 Å². The average Bonchev–Trinajstić information content (AvgIpc) is 2.61. The molecular formula is C17H22N4O4. The highest BCUT2D eigenvalue weighted by atomic mass is 16.5. The number of amides is 2. The number of carbonyl (C=O) groups is 3. The van der Waals surface area contributed by atoms with Gasteiger partial charge in [-0.2, -0.15) is 0 Å². The Labute approximate surface area is 146 Å². The zero-order chi connectivity index (χ0) is 17.8. The van der Waals surface area contributed by atoms with E-state index in [1.165, 1.54) is 0 Å². The molecule has 2 heterocycles. The molecule has 0 aromatic heterocycles. The molecule has 3 rings (SSSR count). The molecule has 2 aliphatic heterocycles. The van der Waals surface area contributed by atoms with E-state index < -0.39 is 0 Å². The number of hydrazine groups is 1. The Bertz CT molecular complexity index is 683. The minimum absolute atomic E-state index is 0.0211. The largest absolute Gasteiger partial charge is 0.482 e. The van der Waals surface area contributed by atoms with Crippen molar-refractivity contribution >= 4 is 23.3 Å². The fourth-order valence-corrected chi connectivity index (χ4v) is 2.78. The molecule has 2 amide bonds. The van der Waals surface area contributed by atoms with E-state index in [9.17, 15) is 14.4 Å². The maximum absolute atomic E-state index is 12.3. The Morgan fingerprint density at radius 2 is 1.96 bits per heavy atom. The summed E-state index contributed by atoms with van der Waals surface area (Å²) >= 11 is 0. The molecule has 0 radical (unpaired) electrons. The van der Waals surface area contributed by atoms with Gasteiger partial charge in [0.2, 0.25) is 5.91 Å². The van der Waals surface area contributed by atoms with Gasteiger partial charge in [-0.15, -0.1) is 0 Å². The first kappa shape index (κ1) is 17.4. The van der Waals surface area contributed by atoms with Crippen LogP contribution in [0.3, 0.4) is 0 Å². The predicted octanol–water partition coefficient (Wildman–Crippen LogP) is 0.259. The number of anilines is 1. The van der Waals surface area contributed by atoms with Crippen LogP contribution in [0.15, 0.2) is 18.2 Å². The molecule has 1 saturated heterocycles. The fourth-order valence-electron chi connectivity index (χ4n) is 2.78. The maximum atomic E-state index is 12.3. The standard InChI is InChI=1S/C17H22N4O4/c1-20-6-8-21(9-7-20)19-16(23)5-3-14(22)12-2-4-15-13(10-12)18-17(24)11-25-15/h2,4,10H,3,5-9,11H2,1H3,(H,18,24)(H,19,23). The van der Waals surface area contributed by atoms with Crippen molar-refractivity contribution in [1.82, 2.24) is 15.3 Å². The van der Waals surface area contributed by atoms with E-state index in [4.69, 9.17) is 4.74 Å². The van der Waals surface area contributed by atoms with Crippen LogP contribution in [0.5, 0.6) is 5.75 Å². The Hall–Kier alpha value is -2.45. The molecule has 0 aliphatic carbocycles. The van der Waals surface area contributed by atoms with Gasteiger partial charge in [0, 0.05) is 44.6 Å². The van der Waals surface area contributed by atoms with Gasteiger partial charge in [-0.1, -0.05) is 0 Å². The van der Waals surface area contributed by atoms with Crippen LogP contribution in [0, 0.1) is 0 Å². The minimum atomic E-state index is -0.247. The summed E-state index contributed by atoms with van der Waals surface area (Å²) in [7, 11) is 2.05. The topological polar surface area (TPSA) is 91.0 Å². The first-order chi connectivity index (χ1) is 12.0. The monoisotopic (exact) mass is 346 g/mol. The van der Waals surface area contributed by atoms with Gasteiger partial charge in [-0.05, 0) is 25.2 Å². The van der Waals surface area contributed by atoms with Gasteiger partial charge in [0.15, 0.2) is 12.4 Å². The lowest BCUT2D eigenvalue weighted by molar-refractivity contribution is -0.126. The second kappa shape index (κ2) is 7.62. The number of carbonyl (C=O) groups excluding carboxylic acids is 3. The molecule has 25 heavy (non-hydrogen) atoms. The molecule has 8 heteroatoms. The Balaban J connectivity index is 1.50. The number of nitrogens with zero attached hydrogens (tertiary/aromatic N) is 2. The van der Waals surface area contributed by atoms with Crippen LogP contribution in [-0.4, -0.2) is 67.3 Å². The number of rotatable bonds is 5. The van der Waals surface area contributed by atoms with Crippen molar-refractivity contribution in [3.63, 3.8) is 0 Å². The minimum Gasteiger partial charge on any atom is -0.482 e. The molecule has 0 unspecified atom stereocenters. The third-order valence-corrected chi connectivity index (χ3v) is 4.30. The molecule has 8 nitrogen and oxygen atoms in total. The number of fused-ring (bicyclic) bond motifs is 1. The van der Waals surface area contributed by atoms with E-state index in [-0.39, 0.29) is 37.0 Å². The zero-order valence-electron chi connectivity index (χ0n) is 14.2. The van der Waals surface area contributed by atoms with E-state index >= 15 is 0 Å². The van der Waals surface area contributed by atoms with Gasteiger partial charge < -0.3 is 15.0 Å². The lowest BCUT2D eigenvalue weighted by Gasteiger charge is -2.32. The Kier molecular flexibility index (Phi) is 5.30. The van der Waals surface area contributed by atoms with E-state index in [1.54, 1.807) is 18.2 Å². The molecule has 0 spiro atoms. The number of nitrogens with one attached hydrogen (secondary N) is 2. The normalized spacial score (nSPS) is 18.0. The van der Waals surface area contributed by atoms with Gasteiger partial charge in [-0.3, -0.25) is 19.8 Å². The first-order valence-corrected chi connectivity index (χ1v) is 8.34. The summed E-state index contributed by atoms with van der Waals surface area (Å²) in [5.41, 5.74) is 3.79. The summed E-state index contributed by atoms with van der Waals surface area (Å²) in [6, 6.07) is 4.90. The van der Waals surface area contributed by atoms with Gasteiger partial charge in [0.25, 0.3) is 5.91 Å². The molecule has 134 valence electrons. The van der Waals surface area contributed by atoms with Crippen LogP contribution in [0.4, 0.5) is 5.69 Å². The highest BCUT2D eigenvalue weighted by Crippen LogP contribution is 2.28. The van der Waals surface area contributed by atoms with Crippen molar-refractivity contribution in [2.45, 2.75) is 12.8 Å². The number of hydrogen-bond donors (Lipinski definition) is 2. The van der Waals surface area contributed by atoms with Crippen molar-refractivity contribution in [2.24, 2.45) is 0 Å². The summed E-state index contributed by atoms with van der Waals surface area (Å²) < 4.78 is 5.26. The molecule has 2 N–H and O–H groups in total. The van der Waals surface area contributed by atoms with Crippen LogP contribution in [0.1, 0.15) is 23.2 Å². The van der Waals surface area contributed by atoms with Crippen LogP contribution in [0.25, 0.3) is 0 Å². The molecule has 0 bridgehead atoms. The van der Waals surface area contributed by atoms with E-state index in [2.05, 4.69) is 15.6 Å². The highest BCUT2D eigenvalue weighted by Gasteiger charge is 2.19. The fraction of sp³-hybridized carbons (Fsp3) is 0.471. The van der Waals surface area contributed by atoms with Crippen molar-refractivity contribution in [1.29, 1.82) is 0 Å². The SMILES string of the molecule is CN1CCN(NC(=O)CCC(=O)c2ccc3c(c2)NC(=O)CO3)CC1. The second-order valence-corrected chi connectivity index (χ2v) is 6.30. The predicted molar refractivity (Wildman–Crippen MR) is 91.3 cm³/mol.